The quantitative estimate of drug-likeness (QED) is 0.872. The van der Waals surface area contributed by atoms with Crippen LogP contribution in [0.1, 0.15) is 42.2 Å². The SMILES string of the molecule is CC(=O)N1c2ccc(C(=O)O)cc2[C@H](Nc2ccc(Cl)cn2)C[C@@H]1C. The van der Waals surface area contributed by atoms with Crippen molar-refractivity contribution in [1.82, 2.24) is 4.98 Å². The summed E-state index contributed by atoms with van der Waals surface area (Å²) in [5.74, 6) is -0.427. The van der Waals surface area contributed by atoms with E-state index in [-0.39, 0.29) is 23.6 Å². The van der Waals surface area contributed by atoms with Crippen LogP contribution in [0.15, 0.2) is 36.5 Å². The zero-order chi connectivity index (χ0) is 18.1. The number of hydrogen-bond acceptors (Lipinski definition) is 4. The second-order valence-electron chi connectivity index (χ2n) is 6.11. The van der Waals surface area contributed by atoms with Gasteiger partial charge in [-0.25, -0.2) is 9.78 Å². The van der Waals surface area contributed by atoms with Gasteiger partial charge in [-0.1, -0.05) is 11.6 Å². The van der Waals surface area contributed by atoms with Crippen molar-refractivity contribution in [3.05, 3.63) is 52.7 Å². The smallest absolute Gasteiger partial charge is 0.335 e. The number of hydrogen-bond donors (Lipinski definition) is 2. The molecule has 7 heteroatoms. The standard InChI is InChI=1S/C18H18ClN3O3/c1-10-7-15(21-17-6-4-13(19)9-20-17)14-8-12(18(24)25)3-5-16(14)22(10)11(2)23/h3-6,8-10,15H,7H2,1-2H3,(H,20,21)(H,24,25)/t10-,15+/m0/s1. The van der Waals surface area contributed by atoms with Crippen molar-refractivity contribution in [2.45, 2.75) is 32.4 Å². The van der Waals surface area contributed by atoms with Crippen molar-refractivity contribution in [1.29, 1.82) is 0 Å². The van der Waals surface area contributed by atoms with Crippen LogP contribution in [-0.2, 0) is 4.79 Å². The number of fused-ring (bicyclic) bond motifs is 1. The molecule has 0 fully saturated rings. The van der Waals surface area contributed by atoms with E-state index in [1.807, 2.05) is 6.92 Å². The number of rotatable bonds is 3. The van der Waals surface area contributed by atoms with Gasteiger partial charge in [-0.15, -0.1) is 0 Å². The van der Waals surface area contributed by atoms with Crippen LogP contribution in [0, 0.1) is 0 Å². The number of carboxylic acid groups (broad SMARTS) is 1. The molecule has 1 aromatic carbocycles. The fourth-order valence-electron chi connectivity index (χ4n) is 3.25. The monoisotopic (exact) mass is 359 g/mol. The molecule has 1 aliphatic rings. The first kappa shape index (κ1) is 17.2. The van der Waals surface area contributed by atoms with E-state index in [0.717, 1.165) is 11.3 Å². The average molecular weight is 360 g/mol. The Morgan fingerprint density at radius 3 is 2.68 bits per heavy atom. The number of nitrogens with zero attached hydrogens (tertiary/aromatic N) is 2. The molecule has 2 aromatic rings. The third kappa shape index (κ3) is 3.44. The summed E-state index contributed by atoms with van der Waals surface area (Å²) >= 11 is 5.87. The topological polar surface area (TPSA) is 82.5 Å². The van der Waals surface area contributed by atoms with E-state index >= 15 is 0 Å². The molecular formula is C18H18ClN3O3. The van der Waals surface area contributed by atoms with Gasteiger partial charge in [0.1, 0.15) is 5.82 Å². The molecule has 2 N–H and O–H groups in total. The van der Waals surface area contributed by atoms with Gasteiger partial charge in [-0.05, 0) is 49.2 Å². The highest BCUT2D eigenvalue weighted by atomic mass is 35.5. The molecule has 0 spiro atoms. The third-order valence-corrected chi connectivity index (χ3v) is 4.54. The number of anilines is 2. The summed E-state index contributed by atoms with van der Waals surface area (Å²) in [6, 6.07) is 8.16. The largest absolute Gasteiger partial charge is 0.478 e. The van der Waals surface area contributed by atoms with Crippen LogP contribution in [0.5, 0.6) is 0 Å². The number of carbonyl (C=O) groups is 2. The molecule has 0 bridgehead atoms. The van der Waals surface area contributed by atoms with E-state index in [9.17, 15) is 14.7 Å². The minimum absolute atomic E-state index is 0.0227. The first-order chi connectivity index (χ1) is 11.9. The predicted octanol–water partition coefficient (Wildman–Crippen LogP) is 3.73. The maximum absolute atomic E-state index is 12.1. The van der Waals surface area contributed by atoms with E-state index in [4.69, 9.17) is 11.6 Å². The molecule has 130 valence electrons. The zero-order valence-electron chi connectivity index (χ0n) is 13.9. The van der Waals surface area contributed by atoms with Gasteiger partial charge in [0, 0.05) is 24.8 Å². The first-order valence-electron chi connectivity index (χ1n) is 7.92. The van der Waals surface area contributed by atoms with Gasteiger partial charge in [0.05, 0.1) is 16.6 Å². The zero-order valence-corrected chi connectivity index (χ0v) is 14.6. The first-order valence-corrected chi connectivity index (χ1v) is 8.29. The Labute approximate surface area is 150 Å². The van der Waals surface area contributed by atoms with Gasteiger partial charge in [0.2, 0.25) is 5.91 Å². The fourth-order valence-corrected chi connectivity index (χ4v) is 3.37. The Kier molecular flexibility index (Phi) is 4.63. The molecule has 3 rings (SSSR count). The fraction of sp³-hybridized carbons (Fsp3) is 0.278. The van der Waals surface area contributed by atoms with Crippen LogP contribution in [0.3, 0.4) is 0 Å². The lowest BCUT2D eigenvalue weighted by atomic mass is 9.90. The summed E-state index contributed by atoms with van der Waals surface area (Å²) in [7, 11) is 0. The number of halogens is 1. The van der Waals surface area contributed by atoms with Crippen molar-refractivity contribution >= 4 is 35.0 Å². The number of benzene rings is 1. The van der Waals surface area contributed by atoms with Gasteiger partial charge in [-0.3, -0.25) is 4.79 Å². The van der Waals surface area contributed by atoms with Gasteiger partial charge in [0.25, 0.3) is 0 Å². The average Bonchev–Trinajstić information content (AvgIpc) is 2.56. The summed E-state index contributed by atoms with van der Waals surface area (Å²) < 4.78 is 0. The molecule has 0 saturated heterocycles. The molecule has 1 aliphatic heterocycles. The van der Waals surface area contributed by atoms with Crippen LogP contribution in [0.4, 0.5) is 11.5 Å². The van der Waals surface area contributed by atoms with Crippen LogP contribution in [0.25, 0.3) is 0 Å². The van der Waals surface area contributed by atoms with Gasteiger partial charge in [-0.2, -0.15) is 0 Å². The molecule has 1 aromatic heterocycles. The Bertz CT molecular complexity index is 823. The normalized spacial score (nSPS) is 19.2. The van der Waals surface area contributed by atoms with Crippen LogP contribution in [-0.4, -0.2) is 28.0 Å². The maximum atomic E-state index is 12.1. The minimum atomic E-state index is -1.00. The third-order valence-electron chi connectivity index (χ3n) is 4.32. The number of carboxylic acids is 1. The molecule has 0 saturated carbocycles. The molecule has 0 radical (unpaired) electrons. The molecule has 0 aliphatic carbocycles. The van der Waals surface area contributed by atoms with E-state index in [0.29, 0.717) is 17.3 Å². The number of amides is 1. The Balaban J connectivity index is 2.03. The Hall–Kier alpha value is -2.60. The van der Waals surface area contributed by atoms with Gasteiger partial charge < -0.3 is 15.3 Å². The lowest BCUT2D eigenvalue weighted by Crippen LogP contribution is -2.43. The number of aromatic nitrogens is 1. The summed E-state index contributed by atoms with van der Waals surface area (Å²) in [5, 5.41) is 13.2. The molecule has 1 amide bonds. The molecule has 0 unspecified atom stereocenters. The molecule has 6 nitrogen and oxygen atoms in total. The summed E-state index contributed by atoms with van der Waals surface area (Å²) in [4.78, 5) is 29.3. The lowest BCUT2D eigenvalue weighted by Gasteiger charge is -2.39. The van der Waals surface area contributed by atoms with E-state index in [1.54, 1.807) is 35.4 Å². The summed E-state index contributed by atoms with van der Waals surface area (Å²) in [5.41, 5.74) is 1.68. The van der Waals surface area contributed by atoms with Gasteiger partial charge >= 0.3 is 5.97 Å². The van der Waals surface area contributed by atoms with Gasteiger partial charge in [0.15, 0.2) is 0 Å². The number of carbonyl (C=O) groups excluding carboxylic acids is 1. The van der Waals surface area contributed by atoms with E-state index in [2.05, 4.69) is 10.3 Å². The Morgan fingerprint density at radius 1 is 1.32 bits per heavy atom. The summed E-state index contributed by atoms with van der Waals surface area (Å²) in [6.07, 6.45) is 2.19. The highest BCUT2D eigenvalue weighted by molar-refractivity contribution is 6.30. The number of pyridine rings is 1. The lowest BCUT2D eigenvalue weighted by molar-refractivity contribution is -0.117. The highest BCUT2D eigenvalue weighted by Crippen LogP contribution is 2.39. The van der Waals surface area contributed by atoms with Crippen molar-refractivity contribution < 1.29 is 14.7 Å². The number of aromatic carboxylic acids is 1. The molecule has 2 atom stereocenters. The highest BCUT2D eigenvalue weighted by Gasteiger charge is 2.33. The molecule has 25 heavy (non-hydrogen) atoms. The van der Waals surface area contributed by atoms with Crippen molar-refractivity contribution in [2.75, 3.05) is 10.2 Å². The second kappa shape index (κ2) is 6.72. The maximum Gasteiger partial charge on any atom is 0.335 e. The van der Waals surface area contributed by atoms with Crippen molar-refractivity contribution in [3.63, 3.8) is 0 Å². The Morgan fingerprint density at radius 2 is 2.08 bits per heavy atom. The predicted molar refractivity (Wildman–Crippen MR) is 96.3 cm³/mol. The van der Waals surface area contributed by atoms with Crippen LogP contribution < -0.4 is 10.2 Å². The van der Waals surface area contributed by atoms with Crippen molar-refractivity contribution in [2.24, 2.45) is 0 Å². The second-order valence-corrected chi connectivity index (χ2v) is 6.55. The van der Waals surface area contributed by atoms with E-state index < -0.39 is 5.97 Å². The molecular weight excluding hydrogens is 342 g/mol. The summed E-state index contributed by atoms with van der Waals surface area (Å²) in [6.45, 7) is 3.49. The van der Waals surface area contributed by atoms with Crippen LogP contribution in [0.2, 0.25) is 5.02 Å². The number of nitrogens with one attached hydrogen (secondary N) is 1. The molecule has 2 heterocycles. The van der Waals surface area contributed by atoms with Crippen molar-refractivity contribution in [3.8, 4) is 0 Å². The minimum Gasteiger partial charge on any atom is -0.478 e. The van der Waals surface area contributed by atoms with E-state index in [1.165, 1.54) is 13.0 Å². The van der Waals surface area contributed by atoms with Crippen LogP contribution >= 0.6 is 11.6 Å².